The zero-order chi connectivity index (χ0) is 23.3. The number of allylic oxidation sites excluding steroid dienone is 10. The number of rotatable bonds is 15. The summed E-state index contributed by atoms with van der Waals surface area (Å²) in [5.41, 5.74) is 7.51. The molecule has 1 heteroatoms. The smallest absolute Gasteiger partial charge is 0.0923 e. The van der Waals surface area contributed by atoms with Crippen LogP contribution in [0.3, 0.4) is 0 Å². The van der Waals surface area contributed by atoms with Gasteiger partial charge in [0.05, 0.1) is 11.7 Å². The molecule has 2 atom stereocenters. The van der Waals surface area contributed by atoms with Gasteiger partial charge in [0.2, 0.25) is 0 Å². The van der Waals surface area contributed by atoms with E-state index in [1.165, 1.54) is 60.0 Å². The molecule has 31 heavy (non-hydrogen) atoms. The van der Waals surface area contributed by atoms with Crippen LogP contribution in [0.25, 0.3) is 0 Å². The van der Waals surface area contributed by atoms with Crippen LogP contribution in [0.5, 0.6) is 0 Å². The average molecular weight is 427 g/mol. The van der Waals surface area contributed by atoms with Gasteiger partial charge < -0.3 is 4.74 Å². The van der Waals surface area contributed by atoms with E-state index < -0.39 is 0 Å². The summed E-state index contributed by atoms with van der Waals surface area (Å²) in [5.74, 6) is 0. The highest BCUT2D eigenvalue weighted by Gasteiger charge is 2.50. The van der Waals surface area contributed by atoms with Crippen molar-refractivity contribution >= 4 is 0 Å². The highest BCUT2D eigenvalue weighted by atomic mass is 16.6. The van der Waals surface area contributed by atoms with E-state index in [0.29, 0.717) is 6.10 Å². The minimum Gasteiger partial charge on any atom is -0.366 e. The molecule has 0 aliphatic carbocycles. The van der Waals surface area contributed by atoms with Crippen LogP contribution in [0, 0.1) is 0 Å². The summed E-state index contributed by atoms with van der Waals surface area (Å²) in [4.78, 5) is 0. The van der Waals surface area contributed by atoms with Gasteiger partial charge >= 0.3 is 0 Å². The number of ether oxygens (including phenoxy) is 1. The molecule has 176 valence electrons. The molecule has 1 fully saturated rings. The zero-order valence-electron chi connectivity index (χ0n) is 21.9. The van der Waals surface area contributed by atoms with Gasteiger partial charge in [-0.3, -0.25) is 0 Å². The van der Waals surface area contributed by atoms with Crippen molar-refractivity contribution < 1.29 is 4.74 Å². The van der Waals surface area contributed by atoms with E-state index in [1.807, 2.05) is 0 Å². The molecular formula is C30H50O. The van der Waals surface area contributed by atoms with Crippen LogP contribution in [-0.4, -0.2) is 11.7 Å². The predicted molar refractivity (Wildman–Crippen MR) is 140 cm³/mol. The van der Waals surface area contributed by atoms with Crippen molar-refractivity contribution in [3.05, 3.63) is 58.2 Å². The third-order valence-electron chi connectivity index (χ3n) is 6.30. The molecule has 1 heterocycles. The first-order valence-electron chi connectivity index (χ1n) is 12.5. The topological polar surface area (TPSA) is 12.5 Å². The lowest BCUT2D eigenvalue weighted by Crippen LogP contribution is -2.09. The molecular weight excluding hydrogens is 376 g/mol. The minimum atomic E-state index is 0.115. The molecule has 0 saturated carbocycles. The Balaban J connectivity index is 2.21. The Morgan fingerprint density at radius 3 is 1.52 bits per heavy atom. The Kier molecular flexibility index (Phi) is 13.1. The maximum Gasteiger partial charge on any atom is 0.0923 e. The zero-order valence-corrected chi connectivity index (χ0v) is 21.9. The fourth-order valence-electron chi connectivity index (χ4n) is 3.99. The normalized spacial score (nSPS) is 21.8. The standard InChI is InChI=1S/C30H50O/c1-24(2)14-9-16-26(5)18-11-19-27(6)20-12-22-29-30(8,31-29)23-13-21-28(7)17-10-15-25(3)4/h14-15,18,20-21,29H,9-13,16-17,19,22-23H2,1-8H3/b26-18+,27-20+,28-21+/t29-,30+/m1/s1. The molecule has 0 bridgehead atoms. The van der Waals surface area contributed by atoms with E-state index in [4.69, 9.17) is 4.74 Å². The molecule has 0 unspecified atom stereocenters. The lowest BCUT2D eigenvalue weighted by atomic mass is 9.97. The molecule has 1 aliphatic rings. The van der Waals surface area contributed by atoms with E-state index in [9.17, 15) is 0 Å². The average Bonchev–Trinajstić information content (AvgIpc) is 3.30. The van der Waals surface area contributed by atoms with Gasteiger partial charge in [0.1, 0.15) is 0 Å². The first-order valence-corrected chi connectivity index (χ1v) is 12.5. The monoisotopic (exact) mass is 426 g/mol. The fourth-order valence-corrected chi connectivity index (χ4v) is 3.99. The van der Waals surface area contributed by atoms with E-state index in [2.05, 4.69) is 85.8 Å². The van der Waals surface area contributed by atoms with Crippen molar-refractivity contribution in [2.75, 3.05) is 0 Å². The molecule has 0 aromatic rings. The number of hydrogen-bond donors (Lipinski definition) is 0. The van der Waals surface area contributed by atoms with Crippen LogP contribution in [0.4, 0.5) is 0 Å². The van der Waals surface area contributed by atoms with E-state index in [1.54, 1.807) is 0 Å². The Labute approximate surface area is 194 Å². The third kappa shape index (κ3) is 13.6. The molecule has 0 aromatic carbocycles. The summed E-state index contributed by atoms with van der Waals surface area (Å²) in [6, 6.07) is 0. The van der Waals surface area contributed by atoms with E-state index in [0.717, 1.165) is 32.1 Å². The van der Waals surface area contributed by atoms with Crippen LogP contribution in [0.2, 0.25) is 0 Å². The van der Waals surface area contributed by atoms with Gasteiger partial charge in [0.25, 0.3) is 0 Å². The van der Waals surface area contributed by atoms with Crippen LogP contribution in [0.1, 0.15) is 120 Å². The summed E-state index contributed by atoms with van der Waals surface area (Å²) >= 11 is 0. The second-order valence-corrected chi connectivity index (χ2v) is 10.4. The van der Waals surface area contributed by atoms with Crippen LogP contribution < -0.4 is 0 Å². The summed E-state index contributed by atoms with van der Waals surface area (Å²) in [7, 11) is 0. The predicted octanol–water partition coefficient (Wildman–Crippen LogP) is 9.82. The highest BCUT2D eigenvalue weighted by molar-refractivity contribution is 5.08. The van der Waals surface area contributed by atoms with Gasteiger partial charge in [-0.2, -0.15) is 0 Å². The maximum atomic E-state index is 6.07. The molecule has 0 N–H and O–H groups in total. The second kappa shape index (κ2) is 14.7. The lowest BCUT2D eigenvalue weighted by Gasteiger charge is -2.05. The van der Waals surface area contributed by atoms with Crippen molar-refractivity contribution in [1.29, 1.82) is 0 Å². The third-order valence-corrected chi connectivity index (χ3v) is 6.30. The highest BCUT2D eigenvalue weighted by Crippen LogP contribution is 2.43. The Hall–Kier alpha value is -1.34. The summed E-state index contributed by atoms with van der Waals surface area (Å²) in [5, 5.41) is 0. The first-order chi connectivity index (χ1) is 14.6. The van der Waals surface area contributed by atoms with Gasteiger partial charge in [-0.05, 0) is 120 Å². The van der Waals surface area contributed by atoms with Gasteiger partial charge in [0.15, 0.2) is 0 Å². The molecule has 1 rings (SSSR count). The van der Waals surface area contributed by atoms with Gasteiger partial charge in [0, 0.05) is 0 Å². The van der Waals surface area contributed by atoms with Gasteiger partial charge in [-0.25, -0.2) is 0 Å². The van der Waals surface area contributed by atoms with Crippen molar-refractivity contribution in [1.82, 2.24) is 0 Å². The lowest BCUT2D eigenvalue weighted by molar-refractivity contribution is 0.295. The number of epoxide rings is 1. The molecule has 0 aromatic heterocycles. The first kappa shape index (κ1) is 27.7. The minimum absolute atomic E-state index is 0.115. The Morgan fingerprint density at radius 2 is 1.03 bits per heavy atom. The van der Waals surface area contributed by atoms with Crippen molar-refractivity contribution in [2.24, 2.45) is 0 Å². The SMILES string of the molecule is CC(C)=CCC/C(C)=C/CC/C(C)=C/CC[C@H]1O[C@@]1(C)CC/C=C(\C)CCC=C(C)C. The van der Waals surface area contributed by atoms with Gasteiger partial charge in [-0.15, -0.1) is 0 Å². The summed E-state index contributed by atoms with van der Waals surface area (Å²) < 4.78 is 6.07. The summed E-state index contributed by atoms with van der Waals surface area (Å²) in [6.07, 6.45) is 24.0. The Morgan fingerprint density at radius 1 is 0.613 bits per heavy atom. The van der Waals surface area contributed by atoms with E-state index >= 15 is 0 Å². The largest absolute Gasteiger partial charge is 0.366 e. The molecule has 1 saturated heterocycles. The fraction of sp³-hybridized carbons (Fsp3) is 0.667. The molecule has 0 amide bonds. The molecule has 1 nitrogen and oxygen atoms in total. The maximum absolute atomic E-state index is 6.07. The van der Waals surface area contributed by atoms with Crippen molar-refractivity contribution in [2.45, 2.75) is 131 Å². The quantitative estimate of drug-likeness (QED) is 0.187. The Bertz CT molecular complexity index is 677. The van der Waals surface area contributed by atoms with Crippen molar-refractivity contribution in [3.8, 4) is 0 Å². The van der Waals surface area contributed by atoms with Gasteiger partial charge in [-0.1, -0.05) is 58.2 Å². The second-order valence-electron chi connectivity index (χ2n) is 10.4. The van der Waals surface area contributed by atoms with Crippen LogP contribution in [-0.2, 0) is 4.74 Å². The molecule has 1 aliphatic heterocycles. The van der Waals surface area contributed by atoms with E-state index in [-0.39, 0.29) is 5.60 Å². The number of hydrogen-bond acceptors (Lipinski definition) is 1. The molecule has 0 radical (unpaired) electrons. The van der Waals surface area contributed by atoms with Crippen LogP contribution >= 0.6 is 0 Å². The molecule has 0 spiro atoms. The summed E-state index contributed by atoms with van der Waals surface area (Å²) in [6.45, 7) is 17.8. The van der Waals surface area contributed by atoms with Crippen molar-refractivity contribution in [3.63, 3.8) is 0 Å². The van der Waals surface area contributed by atoms with Crippen LogP contribution in [0.15, 0.2) is 58.2 Å².